The monoisotopic (exact) mass is 325 g/mol. The van der Waals surface area contributed by atoms with Crippen LogP contribution in [-0.4, -0.2) is 28.2 Å². The first-order valence-electron chi connectivity index (χ1n) is 7.98. The Morgan fingerprint density at radius 3 is 2.87 bits per heavy atom. The third-order valence-electron chi connectivity index (χ3n) is 4.26. The number of benzene rings is 1. The molecule has 1 saturated heterocycles. The van der Waals surface area contributed by atoms with Crippen LogP contribution in [0.3, 0.4) is 0 Å². The van der Waals surface area contributed by atoms with Crippen molar-refractivity contribution in [2.75, 3.05) is 13.1 Å². The van der Waals surface area contributed by atoms with E-state index in [1.807, 2.05) is 29.5 Å². The molecular formula is C18H19N3OS. The Labute approximate surface area is 139 Å². The molecule has 118 valence electrons. The zero-order valence-electron chi connectivity index (χ0n) is 12.9. The topological polar surface area (TPSA) is 42.2 Å². The van der Waals surface area contributed by atoms with Gasteiger partial charge in [0.1, 0.15) is 0 Å². The number of hydrogen-bond acceptors (Lipinski definition) is 5. The zero-order valence-corrected chi connectivity index (χ0v) is 13.7. The second kappa shape index (κ2) is 6.64. The SMILES string of the molecule is c1ccc(Cc2nnc(C3CCN(Cc4cccs4)C3)o2)cc1. The van der Waals surface area contributed by atoms with E-state index in [9.17, 15) is 0 Å². The number of nitrogens with zero attached hydrogens (tertiary/aromatic N) is 3. The van der Waals surface area contributed by atoms with Crippen molar-refractivity contribution in [3.8, 4) is 0 Å². The molecule has 5 heteroatoms. The molecule has 4 nitrogen and oxygen atoms in total. The smallest absolute Gasteiger partial charge is 0.220 e. The highest BCUT2D eigenvalue weighted by atomic mass is 32.1. The molecule has 3 heterocycles. The van der Waals surface area contributed by atoms with Gasteiger partial charge in [0.15, 0.2) is 0 Å². The fraction of sp³-hybridized carbons (Fsp3) is 0.333. The van der Waals surface area contributed by atoms with Gasteiger partial charge in [0, 0.05) is 18.0 Å². The molecule has 0 radical (unpaired) electrons. The highest BCUT2D eigenvalue weighted by molar-refractivity contribution is 7.09. The molecule has 1 aromatic carbocycles. The maximum absolute atomic E-state index is 5.91. The molecule has 23 heavy (non-hydrogen) atoms. The fourth-order valence-electron chi connectivity index (χ4n) is 3.07. The molecule has 0 bridgehead atoms. The molecule has 0 spiro atoms. The summed E-state index contributed by atoms with van der Waals surface area (Å²) in [5.41, 5.74) is 1.20. The molecule has 2 aromatic heterocycles. The molecule has 1 aliphatic heterocycles. The van der Waals surface area contributed by atoms with Crippen molar-refractivity contribution in [3.63, 3.8) is 0 Å². The van der Waals surface area contributed by atoms with Crippen LogP contribution < -0.4 is 0 Å². The van der Waals surface area contributed by atoms with Crippen molar-refractivity contribution in [2.24, 2.45) is 0 Å². The normalized spacial score (nSPS) is 18.5. The largest absolute Gasteiger partial charge is 0.425 e. The van der Waals surface area contributed by atoms with E-state index in [4.69, 9.17) is 4.42 Å². The predicted octanol–water partition coefficient (Wildman–Crippen LogP) is 3.71. The lowest BCUT2D eigenvalue weighted by atomic mass is 10.1. The lowest BCUT2D eigenvalue weighted by molar-refractivity contribution is 0.321. The fourth-order valence-corrected chi connectivity index (χ4v) is 3.82. The Kier molecular flexibility index (Phi) is 4.22. The van der Waals surface area contributed by atoms with Crippen LogP contribution in [0.15, 0.2) is 52.3 Å². The van der Waals surface area contributed by atoms with Crippen LogP contribution in [0.2, 0.25) is 0 Å². The number of hydrogen-bond donors (Lipinski definition) is 0. The van der Waals surface area contributed by atoms with E-state index in [-0.39, 0.29) is 0 Å². The summed E-state index contributed by atoms with van der Waals surface area (Å²) in [6.45, 7) is 3.13. The Morgan fingerprint density at radius 2 is 2.04 bits per heavy atom. The molecule has 1 aliphatic rings. The van der Waals surface area contributed by atoms with Gasteiger partial charge in [-0.2, -0.15) is 0 Å². The molecule has 0 N–H and O–H groups in total. The Hall–Kier alpha value is -1.98. The van der Waals surface area contributed by atoms with Gasteiger partial charge >= 0.3 is 0 Å². The van der Waals surface area contributed by atoms with Crippen LogP contribution in [0, 0.1) is 0 Å². The van der Waals surface area contributed by atoms with E-state index in [1.165, 1.54) is 10.4 Å². The summed E-state index contributed by atoms with van der Waals surface area (Å²) < 4.78 is 5.91. The van der Waals surface area contributed by atoms with Gasteiger partial charge < -0.3 is 4.42 Å². The summed E-state index contributed by atoms with van der Waals surface area (Å²) in [7, 11) is 0. The van der Waals surface area contributed by atoms with Crippen molar-refractivity contribution in [2.45, 2.75) is 25.3 Å². The van der Waals surface area contributed by atoms with E-state index in [2.05, 4.69) is 44.7 Å². The molecule has 1 fully saturated rings. The summed E-state index contributed by atoms with van der Waals surface area (Å²) in [5.74, 6) is 1.87. The lowest BCUT2D eigenvalue weighted by Gasteiger charge is -2.13. The summed E-state index contributed by atoms with van der Waals surface area (Å²) in [6, 6.07) is 14.6. The van der Waals surface area contributed by atoms with E-state index < -0.39 is 0 Å². The molecule has 0 saturated carbocycles. The lowest BCUT2D eigenvalue weighted by Crippen LogP contribution is -2.19. The van der Waals surface area contributed by atoms with Crippen LogP contribution >= 0.6 is 11.3 Å². The van der Waals surface area contributed by atoms with Crippen molar-refractivity contribution >= 4 is 11.3 Å². The maximum atomic E-state index is 5.91. The first-order valence-corrected chi connectivity index (χ1v) is 8.86. The van der Waals surface area contributed by atoms with Crippen LogP contribution in [0.25, 0.3) is 0 Å². The molecule has 3 aromatic rings. The molecule has 4 rings (SSSR count). The van der Waals surface area contributed by atoms with E-state index in [0.717, 1.165) is 31.9 Å². The van der Waals surface area contributed by atoms with Gasteiger partial charge in [-0.1, -0.05) is 36.4 Å². The minimum atomic E-state index is 0.368. The van der Waals surface area contributed by atoms with Crippen LogP contribution in [0.5, 0.6) is 0 Å². The summed E-state index contributed by atoms with van der Waals surface area (Å²) in [4.78, 5) is 3.89. The Bertz CT molecular complexity index is 739. The first-order chi connectivity index (χ1) is 11.4. The second-order valence-corrected chi connectivity index (χ2v) is 7.03. The van der Waals surface area contributed by atoms with Gasteiger partial charge in [-0.3, -0.25) is 4.90 Å². The predicted molar refractivity (Wildman–Crippen MR) is 90.5 cm³/mol. The number of likely N-dealkylation sites (tertiary alicyclic amines) is 1. The summed E-state index contributed by atoms with van der Waals surface area (Å²) >= 11 is 1.82. The van der Waals surface area contributed by atoms with Crippen molar-refractivity contribution < 1.29 is 4.42 Å². The molecule has 1 atom stereocenters. The first kappa shape index (κ1) is 14.6. The molecular weight excluding hydrogens is 306 g/mol. The highest BCUT2D eigenvalue weighted by Gasteiger charge is 2.28. The second-order valence-electron chi connectivity index (χ2n) is 6.00. The highest BCUT2D eigenvalue weighted by Crippen LogP contribution is 2.28. The van der Waals surface area contributed by atoms with E-state index in [1.54, 1.807) is 0 Å². The van der Waals surface area contributed by atoms with Gasteiger partial charge in [-0.15, -0.1) is 21.5 Å². The average molecular weight is 325 g/mol. The van der Waals surface area contributed by atoms with Crippen LogP contribution in [0.4, 0.5) is 0 Å². The van der Waals surface area contributed by atoms with Gasteiger partial charge in [0.2, 0.25) is 11.8 Å². The van der Waals surface area contributed by atoms with Gasteiger partial charge in [-0.25, -0.2) is 0 Å². The van der Waals surface area contributed by atoms with Crippen molar-refractivity contribution in [3.05, 3.63) is 70.1 Å². The minimum Gasteiger partial charge on any atom is -0.425 e. The van der Waals surface area contributed by atoms with Crippen LogP contribution in [-0.2, 0) is 13.0 Å². The summed E-state index contributed by atoms with van der Waals surface area (Å²) in [5, 5.41) is 10.6. The average Bonchev–Trinajstić information content (AvgIpc) is 3.30. The molecule has 0 aliphatic carbocycles. The minimum absolute atomic E-state index is 0.368. The van der Waals surface area contributed by atoms with Crippen LogP contribution in [0.1, 0.15) is 34.6 Å². The maximum Gasteiger partial charge on any atom is 0.220 e. The van der Waals surface area contributed by atoms with Crippen molar-refractivity contribution in [1.29, 1.82) is 0 Å². The number of thiophene rings is 1. The van der Waals surface area contributed by atoms with E-state index >= 15 is 0 Å². The van der Waals surface area contributed by atoms with Gasteiger partial charge in [-0.05, 0) is 30.0 Å². The third kappa shape index (κ3) is 3.51. The standard InChI is InChI=1S/C18H19N3OS/c1-2-5-14(6-3-1)11-17-19-20-18(22-17)15-8-9-21(12-15)13-16-7-4-10-23-16/h1-7,10,15H,8-9,11-13H2. The summed E-state index contributed by atoms with van der Waals surface area (Å²) in [6.07, 6.45) is 1.80. The molecule has 1 unspecified atom stereocenters. The Morgan fingerprint density at radius 1 is 1.13 bits per heavy atom. The van der Waals surface area contributed by atoms with Gasteiger partial charge in [0.25, 0.3) is 0 Å². The van der Waals surface area contributed by atoms with Crippen molar-refractivity contribution in [1.82, 2.24) is 15.1 Å². The number of rotatable bonds is 5. The Balaban J connectivity index is 1.38. The van der Waals surface area contributed by atoms with E-state index in [0.29, 0.717) is 18.2 Å². The number of aromatic nitrogens is 2. The van der Waals surface area contributed by atoms with Gasteiger partial charge in [0.05, 0.1) is 12.3 Å². The quantitative estimate of drug-likeness (QED) is 0.717. The zero-order chi connectivity index (χ0) is 15.5. The third-order valence-corrected chi connectivity index (χ3v) is 5.12. The molecule has 0 amide bonds.